The Labute approximate surface area is 71.3 Å². The molecule has 0 unspecified atom stereocenters. The van der Waals surface area contributed by atoms with Gasteiger partial charge in [0, 0.05) is 21.1 Å². The standard InChI is InChI=1S/C3H9O2P.CHO.W/c1-4-6(3)5-2;1-2;/h1-3H3;1H;/q;-1;/p+1. The fourth-order valence-electron chi connectivity index (χ4n) is 0.0833. The minimum absolute atomic E-state index is 0. The van der Waals surface area contributed by atoms with Gasteiger partial charge in [-0.25, -0.2) is 9.05 Å². The van der Waals surface area contributed by atoms with Gasteiger partial charge in [-0.2, -0.15) is 0 Å². The van der Waals surface area contributed by atoms with Crippen molar-refractivity contribution in [2.45, 2.75) is 0 Å². The Hall–Kier alpha value is 0.708. The summed E-state index contributed by atoms with van der Waals surface area (Å²) in [5, 5.41) is 0. The normalized spacial score (nSPS) is 7.11. The number of rotatable bonds is 2. The molecule has 0 aliphatic carbocycles. The molecule has 0 amide bonds. The van der Waals surface area contributed by atoms with Crippen molar-refractivity contribution in [2.75, 3.05) is 20.9 Å². The van der Waals surface area contributed by atoms with Gasteiger partial charge in [0.1, 0.15) is 6.66 Å². The molecular formula is C4H11O3PW. The van der Waals surface area contributed by atoms with Crippen LogP contribution in [0.5, 0.6) is 0 Å². The Kier molecular flexibility index (Phi) is 28.9. The Balaban J connectivity index is -0.000000109. The molecular weight excluding hydrogens is 311 g/mol. The third kappa shape index (κ3) is 17.7. The average Bonchev–Trinajstić information content (AvgIpc) is 1.91. The Morgan fingerprint density at radius 3 is 1.44 bits per heavy atom. The van der Waals surface area contributed by atoms with Crippen molar-refractivity contribution >= 4 is 15.2 Å². The number of hydrogen-bond donors (Lipinski definition) is 0. The van der Waals surface area contributed by atoms with Crippen LogP contribution in [0.3, 0.4) is 0 Å². The maximum Gasteiger partial charge on any atom is 0.259 e. The molecule has 0 aromatic rings. The summed E-state index contributed by atoms with van der Waals surface area (Å²) in [6, 6.07) is 0. The van der Waals surface area contributed by atoms with Gasteiger partial charge in [-0.1, -0.05) is 0 Å². The monoisotopic (exact) mass is 322 g/mol. The van der Waals surface area contributed by atoms with Crippen LogP contribution in [0.1, 0.15) is 0 Å². The van der Waals surface area contributed by atoms with E-state index in [1.807, 2.05) is 6.66 Å². The molecule has 56 valence electrons. The Morgan fingerprint density at radius 2 is 1.44 bits per heavy atom. The van der Waals surface area contributed by atoms with Crippen LogP contribution in [0.15, 0.2) is 0 Å². The second-order valence-corrected chi connectivity index (χ2v) is 2.70. The summed E-state index contributed by atoms with van der Waals surface area (Å²) in [7, 11) is 2.43. The molecule has 0 heterocycles. The largest absolute Gasteiger partial charge is 0.545 e. The first-order chi connectivity index (χ1) is 3.81. The van der Waals surface area contributed by atoms with Gasteiger partial charge in [0.25, 0.3) is 8.38 Å². The Morgan fingerprint density at radius 1 is 1.22 bits per heavy atom. The van der Waals surface area contributed by atoms with Crippen molar-refractivity contribution in [3.8, 4) is 0 Å². The number of carbonyl (C=O) groups excluding carboxylic acids is 1. The summed E-state index contributed by atoms with van der Waals surface area (Å²) in [6.07, 6.45) is 0. The van der Waals surface area contributed by atoms with Gasteiger partial charge in [0.05, 0.1) is 14.2 Å². The summed E-state index contributed by atoms with van der Waals surface area (Å²) in [6.45, 7) is 5.19. The van der Waals surface area contributed by atoms with Crippen molar-refractivity contribution in [1.82, 2.24) is 0 Å². The van der Waals surface area contributed by atoms with E-state index in [0.717, 1.165) is 0 Å². The number of hydrogen-bond acceptors (Lipinski definition) is 3. The molecule has 0 bridgehead atoms. The molecule has 0 fully saturated rings. The van der Waals surface area contributed by atoms with E-state index in [-0.39, 0.29) is 21.1 Å². The molecule has 0 aliphatic heterocycles. The van der Waals surface area contributed by atoms with E-state index in [2.05, 4.69) is 6.79 Å². The molecule has 0 N–H and O–H groups in total. The molecule has 0 radical (unpaired) electrons. The topological polar surface area (TPSA) is 35.5 Å². The van der Waals surface area contributed by atoms with Crippen molar-refractivity contribution < 1.29 is 34.9 Å². The van der Waals surface area contributed by atoms with Crippen molar-refractivity contribution in [3.63, 3.8) is 0 Å². The fraction of sp³-hybridized carbons (Fsp3) is 0.750. The van der Waals surface area contributed by atoms with E-state index in [0.29, 0.717) is 0 Å². The fourth-order valence-corrected chi connectivity index (χ4v) is 0.250. The maximum atomic E-state index is 7.75. The van der Waals surface area contributed by atoms with Gasteiger partial charge >= 0.3 is 0 Å². The van der Waals surface area contributed by atoms with Crippen LogP contribution < -0.4 is 0 Å². The molecule has 0 saturated heterocycles. The average molecular weight is 322 g/mol. The summed E-state index contributed by atoms with van der Waals surface area (Å²) in [4.78, 5) is 7.75. The van der Waals surface area contributed by atoms with Gasteiger partial charge in [0.2, 0.25) is 0 Å². The molecule has 0 rings (SSSR count). The molecule has 9 heavy (non-hydrogen) atoms. The first-order valence-electron chi connectivity index (χ1n) is 1.96. The maximum absolute atomic E-state index is 7.75. The molecule has 0 aromatic heterocycles. The molecule has 0 atom stereocenters. The van der Waals surface area contributed by atoms with E-state index in [1.54, 1.807) is 14.2 Å². The SMILES string of the molecule is CO[PH+](C)OC.[CH-]=O.[W]. The second-order valence-electron chi connectivity index (χ2n) is 0.900. The van der Waals surface area contributed by atoms with Crippen LogP contribution in [0.25, 0.3) is 0 Å². The summed E-state index contributed by atoms with van der Waals surface area (Å²) in [5.41, 5.74) is 0. The van der Waals surface area contributed by atoms with Crippen molar-refractivity contribution in [1.29, 1.82) is 0 Å². The van der Waals surface area contributed by atoms with Gasteiger partial charge < -0.3 is 4.79 Å². The van der Waals surface area contributed by atoms with Crippen LogP contribution in [0.4, 0.5) is 0 Å². The summed E-state index contributed by atoms with van der Waals surface area (Å²) >= 11 is 0. The van der Waals surface area contributed by atoms with Crippen LogP contribution in [-0.2, 0) is 34.9 Å². The van der Waals surface area contributed by atoms with Crippen molar-refractivity contribution in [2.24, 2.45) is 0 Å². The first kappa shape index (κ1) is 16.4. The summed E-state index contributed by atoms with van der Waals surface area (Å²) in [5.74, 6) is 0. The third-order valence-electron chi connectivity index (χ3n) is 0.575. The van der Waals surface area contributed by atoms with Gasteiger partial charge in [-0.15, -0.1) is 0 Å². The van der Waals surface area contributed by atoms with E-state index in [9.17, 15) is 0 Å². The van der Waals surface area contributed by atoms with Crippen LogP contribution in [0, 0.1) is 0 Å². The van der Waals surface area contributed by atoms with Gasteiger partial charge in [0.15, 0.2) is 0 Å². The smallest absolute Gasteiger partial charge is 0.259 e. The molecule has 0 aromatic carbocycles. The van der Waals surface area contributed by atoms with E-state index < -0.39 is 8.38 Å². The molecule has 3 nitrogen and oxygen atoms in total. The van der Waals surface area contributed by atoms with E-state index in [1.165, 1.54) is 0 Å². The Bertz CT molecular complexity index is 42.8. The van der Waals surface area contributed by atoms with Gasteiger partial charge in [-0.05, 0) is 0 Å². The van der Waals surface area contributed by atoms with Crippen LogP contribution >= 0.6 is 8.38 Å². The van der Waals surface area contributed by atoms with E-state index in [4.69, 9.17) is 13.8 Å². The van der Waals surface area contributed by atoms with Gasteiger partial charge in [-0.3, -0.25) is 6.79 Å². The van der Waals surface area contributed by atoms with Crippen molar-refractivity contribution in [3.05, 3.63) is 0 Å². The minimum atomic E-state index is -0.868. The zero-order valence-corrected chi connectivity index (χ0v) is 9.64. The molecule has 5 heteroatoms. The zero-order valence-electron chi connectivity index (χ0n) is 5.71. The third-order valence-corrected chi connectivity index (χ3v) is 1.72. The molecule has 0 spiro atoms. The molecule has 0 saturated carbocycles. The van der Waals surface area contributed by atoms with Crippen LogP contribution in [-0.4, -0.2) is 27.7 Å². The predicted molar refractivity (Wildman–Crippen MR) is 35.0 cm³/mol. The molecule has 0 aliphatic rings. The first-order valence-corrected chi connectivity index (χ1v) is 3.78. The summed E-state index contributed by atoms with van der Waals surface area (Å²) < 4.78 is 9.56. The zero-order chi connectivity index (χ0) is 6.99. The van der Waals surface area contributed by atoms with E-state index >= 15 is 0 Å². The minimum Gasteiger partial charge on any atom is -0.545 e. The predicted octanol–water partition coefficient (Wildman–Crippen LogP) is 0.677. The quantitative estimate of drug-likeness (QED) is 0.426. The van der Waals surface area contributed by atoms with Crippen LogP contribution in [0.2, 0.25) is 0 Å². The second kappa shape index (κ2) is 15.9.